The molecule has 1 amide bonds. The number of aromatic nitrogens is 1. The first-order chi connectivity index (χ1) is 14.5. The standard InChI is InChI=1S/C25H26N2O3/c1-17-9-11-26-22(13-17)16-30-24-6-4-5-23(29-3)25(24)20-8-7-19-10-12-27(18(2)28)15-21(19)14-20/h4-9,11,13-14H,10,12,15-16H2,1-3H3. The lowest BCUT2D eigenvalue weighted by atomic mass is 9.94. The predicted octanol–water partition coefficient (Wildman–Crippen LogP) is 4.55. The van der Waals surface area contributed by atoms with E-state index in [-0.39, 0.29) is 5.91 Å². The number of nitrogens with zero attached hydrogens (tertiary/aromatic N) is 2. The van der Waals surface area contributed by atoms with Gasteiger partial charge in [-0.05, 0) is 65.9 Å². The van der Waals surface area contributed by atoms with Gasteiger partial charge >= 0.3 is 0 Å². The lowest BCUT2D eigenvalue weighted by Gasteiger charge is -2.28. The van der Waals surface area contributed by atoms with E-state index in [0.29, 0.717) is 13.2 Å². The van der Waals surface area contributed by atoms with E-state index < -0.39 is 0 Å². The molecular formula is C25H26N2O3. The number of amides is 1. The molecule has 0 aliphatic carbocycles. The van der Waals surface area contributed by atoms with E-state index in [2.05, 4.69) is 23.2 Å². The lowest BCUT2D eigenvalue weighted by Crippen LogP contribution is -2.34. The van der Waals surface area contributed by atoms with Crippen molar-refractivity contribution < 1.29 is 14.3 Å². The monoisotopic (exact) mass is 402 g/mol. The topological polar surface area (TPSA) is 51.7 Å². The highest BCUT2D eigenvalue weighted by Gasteiger charge is 2.20. The Morgan fingerprint density at radius 2 is 1.93 bits per heavy atom. The van der Waals surface area contributed by atoms with Gasteiger partial charge in [-0.2, -0.15) is 0 Å². The second-order valence-electron chi connectivity index (χ2n) is 7.62. The van der Waals surface area contributed by atoms with Gasteiger partial charge in [0, 0.05) is 26.2 Å². The van der Waals surface area contributed by atoms with Gasteiger partial charge < -0.3 is 14.4 Å². The van der Waals surface area contributed by atoms with Crippen LogP contribution in [-0.2, 0) is 24.4 Å². The fourth-order valence-corrected chi connectivity index (χ4v) is 3.90. The Bertz CT molecular complexity index is 1080. The SMILES string of the molecule is COc1cccc(OCc2cc(C)ccn2)c1-c1ccc2c(c1)CN(C(C)=O)CC2. The highest BCUT2D eigenvalue weighted by molar-refractivity contribution is 5.78. The Morgan fingerprint density at radius 3 is 2.70 bits per heavy atom. The van der Waals surface area contributed by atoms with Crippen molar-refractivity contribution in [2.45, 2.75) is 33.4 Å². The Morgan fingerprint density at radius 1 is 1.10 bits per heavy atom. The van der Waals surface area contributed by atoms with Gasteiger partial charge in [-0.1, -0.05) is 18.2 Å². The largest absolute Gasteiger partial charge is 0.496 e. The highest BCUT2D eigenvalue weighted by Crippen LogP contribution is 2.40. The minimum Gasteiger partial charge on any atom is -0.496 e. The third-order valence-electron chi connectivity index (χ3n) is 5.51. The van der Waals surface area contributed by atoms with Crippen LogP contribution in [0.2, 0.25) is 0 Å². The van der Waals surface area contributed by atoms with E-state index in [4.69, 9.17) is 9.47 Å². The van der Waals surface area contributed by atoms with E-state index in [1.165, 1.54) is 11.1 Å². The normalized spacial score (nSPS) is 13.0. The van der Waals surface area contributed by atoms with Crippen LogP contribution in [0.4, 0.5) is 0 Å². The average Bonchev–Trinajstić information content (AvgIpc) is 2.76. The molecule has 0 unspecified atom stereocenters. The van der Waals surface area contributed by atoms with Crippen LogP contribution in [0.1, 0.15) is 29.3 Å². The molecule has 1 aliphatic rings. The molecule has 4 rings (SSSR count). The molecule has 0 saturated carbocycles. The highest BCUT2D eigenvalue weighted by atomic mass is 16.5. The van der Waals surface area contributed by atoms with Crippen LogP contribution in [-0.4, -0.2) is 29.4 Å². The molecule has 154 valence electrons. The first kappa shape index (κ1) is 20.0. The lowest BCUT2D eigenvalue weighted by molar-refractivity contribution is -0.129. The summed E-state index contributed by atoms with van der Waals surface area (Å²) < 4.78 is 11.8. The van der Waals surface area contributed by atoms with Crippen molar-refractivity contribution in [2.24, 2.45) is 0 Å². The molecular weight excluding hydrogens is 376 g/mol. The van der Waals surface area contributed by atoms with Crippen LogP contribution >= 0.6 is 0 Å². The van der Waals surface area contributed by atoms with Crippen molar-refractivity contribution in [3.63, 3.8) is 0 Å². The summed E-state index contributed by atoms with van der Waals surface area (Å²) in [5, 5.41) is 0. The molecule has 0 spiro atoms. The van der Waals surface area contributed by atoms with Crippen LogP contribution in [0, 0.1) is 6.92 Å². The Kier molecular flexibility index (Phi) is 5.70. The van der Waals surface area contributed by atoms with Crippen molar-refractivity contribution in [1.82, 2.24) is 9.88 Å². The van der Waals surface area contributed by atoms with Crippen LogP contribution < -0.4 is 9.47 Å². The fourth-order valence-electron chi connectivity index (χ4n) is 3.90. The number of fused-ring (bicyclic) bond motifs is 1. The number of rotatable bonds is 5. The second-order valence-corrected chi connectivity index (χ2v) is 7.62. The van der Waals surface area contributed by atoms with E-state index in [9.17, 15) is 4.79 Å². The van der Waals surface area contributed by atoms with Crippen LogP contribution in [0.5, 0.6) is 11.5 Å². The molecule has 1 aliphatic heterocycles. The summed E-state index contributed by atoms with van der Waals surface area (Å²) in [6, 6.07) is 16.2. The van der Waals surface area contributed by atoms with Gasteiger partial charge in [-0.3, -0.25) is 9.78 Å². The van der Waals surface area contributed by atoms with E-state index in [1.54, 1.807) is 20.2 Å². The zero-order chi connectivity index (χ0) is 21.1. The molecule has 30 heavy (non-hydrogen) atoms. The summed E-state index contributed by atoms with van der Waals surface area (Å²) >= 11 is 0. The minimum absolute atomic E-state index is 0.109. The van der Waals surface area contributed by atoms with Crippen LogP contribution in [0.25, 0.3) is 11.1 Å². The molecule has 0 saturated heterocycles. The number of ether oxygens (including phenoxy) is 2. The Balaban J connectivity index is 1.68. The number of aryl methyl sites for hydroxylation is 1. The molecule has 3 aromatic rings. The van der Waals surface area contributed by atoms with Crippen molar-refractivity contribution in [3.05, 3.63) is 77.1 Å². The third kappa shape index (κ3) is 4.15. The molecule has 2 aromatic carbocycles. The molecule has 0 radical (unpaired) electrons. The van der Waals surface area contributed by atoms with E-state index in [1.807, 2.05) is 42.2 Å². The zero-order valence-electron chi connectivity index (χ0n) is 17.6. The Hall–Kier alpha value is -3.34. The summed E-state index contributed by atoms with van der Waals surface area (Å²) in [5.74, 6) is 1.61. The predicted molar refractivity (Wildman–Crippen MR) is 117 cm³/mol. The summed E-state index contributed by atoms with van der Waals surface area (Å²) in [5.41, 5.74) is 6.42. The number of pyridine rings is 1. The van der Waals surface area contributed by atoms with Crippen molar-refractivity contribution in [1.29, 1.82) is 0 Å². The van der Waals surface area contributed by atoms with Gasteiger partial charge in [0.05, 0.1) is 18.4 Å². The van der Waals surface area contributed by atoms with Gasteiger partial charge in [0.25, 0.3) is 0 Å². The fraction of sp³-hybridized carbons (Fsp3) is 0.280. The quantitative estimate of drug-likeness (QED) is 0.628. The first-order valence-electron chi connectivity index (χ1n) is 10.1. The van der Waals surface area contributed by atoms with Gasteiger partial charge in [-0.15, -0.1) is 0 Å². The number of benzene rings is 2. The smallest absolute Gasteiger partial charge is 0.219 e. The number of hydrogen-bond acceptors (Lipinski definition) is 4. The maximum atomic E-state index is 11.8. The molecule has 0 fully saturated rings. The van der Waals surface area contributed by atoms with Gasteiger partial charge in [0.2, 0.25) is 5.91 Å². The summed E-state index contributed by atoms with van der Waals surface area (Å²) in [4.78, 5) is 18.1. The summed E-state index contributed by atoms with van der Waals surface area (Å²) in [7, 11) is 1.67. The van der Waals surface area contributed by atoms with Crippen molar-refractivity contribution in [3.8, 4) is 22.6 Å². The molecule has 5 heteroatoms. The molecule has 0 bridgehead atoms. The molecule has 2 heterocycles. The van der Waals surface area contributed by atoms with Crippen LogP contribution in [0.15, 0.2) is 54.7 Å². The number of methoxy groups -OCH3 is 1. The Labute approximate surface area is 177 Å². The van der Waals surface area contributed by atoms with Crippen molar-refractivity contribution in [2.75, 3.05) is 13.7 Å². The molecule has 5 nitrogen and oxygen atoms in total. The number of hydrogen-bond donors (Lipinski definition) is 0. The number of carbonyl (C=O) groups excluding carboxylic acids is 1. The number of carbonyl (C=O) groups is 1. The summed E-state index contributed by atoms with van der Waals surface area (Å²) in [6.45, 7) is 5.45. The summed E-state index contributed by atoms with van der Waals surface area (Å²) in [6.07, 6.45) is 2.67. The molecule has 1 aromatic heterocycles. The average molecular weight is 402 g/mol. The van der Waals surface area contributed by atoms with Gasteiger partial charge in [0.15, 0.2) is 0 Å². The minimum atomic E-state index is 0.109. The van der Waals surface area contributed by atoms with E-state index >= 15 is 0 Å². The molecule has 0 N–H and O–H groups in total. The van der Waals surface area contributed by atoms with Crippen molar-refractivity contribution >= 4 is 5.91 Å². The first-order valence-corrected chi connectivity index (χ1v) is 10.1. The van der Waals surface area contributed by atoms with E-state index in [0.717, 1.165) is 46.8 Å². The molecule has 0 atom stereocenters. The zero-order valence-corrected chi connectivity index (χ0v) is 17.6. The second kappa shape index (κ2) is 8.57. The van der Waals surface area contributed by atoms with Gasteiger partial charge in [0.1, 0.15) is 18.1 Å². The maximum Gasteiger partial charge on any atom is 0.219 e. The third-order valence-corrected chi connectivity index (χ3v) is 5.51. The maximum absolute atomic E-state index is 11.8. The van der Waals surface area contributed by atoms with Gasteiger partial charge in [-0.25, -0.2) is 0 Å². The van der Waals surface area contributed by atoms with Crippen LogP contribution in [0.3, 0.4) is 0 Å².